The first-order valence-corrected chi connectivity index (χ1v) is 9.06. The lowest BCUT2D eigenvalue weighted by Crippen LogP contribution is -2.48. The van der Waals surface area contributed by atoms with Crippen LogP contribution in [-0.2, 0) is 4.79 Å². The van der Waals surface area contributed by atoms with Gasteiger partial charge in [-0.1, -0.05) is 24.3 Å². The smallest absolute Gasteiger partial charge is 0.238 e. The van der Waals surface area contributed by atoms with Crippen molar-refractivity contribution in [3.05, 3.63) is 66.5 Å². The highest BCUT2D eigenvalue weighted by molar-refractivity contribution is 5.92. The molecule has 1 aliphatic rings. The minimum atomic E-state index is -0.357. The van der Waals surface area contributed by atoms with Gasteiger partial charge >= 0.3 is 0 Å². The SMILES string of the molecule is O=C(CN1CCN(c2ccc3ccccc3n2)CC1)Nc1cccc(F)c1. The Balaban J connectivity index is 1.32. The molecule has 1 N–H and O–H groups in total. The third-order valence-corrected chi connectivity index (χ3v) is 4.76. The lowest BCUT2D eigenvalue weighted by Gasteiger charge is -2.35. The van der Waals surface area contributed by atoms with Crippen molar-refractivity contribution < 1.29 is 9.18 Å². The monoisotopic (exact) mass is 364 g/mol. The van der Waals surface area contributed by atoms with Crippen LogP contribution in [0.1, 0.15) is 0 Å². The summed E-state index contributed by atoms with van der Waals surface area (Å²) in [5.74, 6) is 0.486. The maximum Gasteiger partial charge on any atom is 0.238 e. The lowest BCUT2D eigenvalue weighted by atomic mass is 10.2. The molecule has 1 saturated heterocycles. The van der Waals surface area contributed by atoms with Gasteiger partial charge in [-0.05, 0) is 36.4 Å². The summed E-state index contributed by atoms with van der Waals surface area (Å²) in [6, 6.07) is 18.2. The van der Waals surface area contributed by atoms with Crippen LogP contribution >= 0.6 is 0 Å². The summed E-state index contributed by atoms with van der Waals surface area (Å²) < 4.78 is 13.2. The number of hydrogen-bond acceptors (Lipinski definition) is 4. The molecule has 2 aromatic carbocycles. The first kappa shape index (κ1) is 17.4. The Hall–Kier alpha value is -2.99. The first-order chi connectivity index (χ1) is 13.2. The van der Waals surface area contributed by atoms with E-state index in [0.717, 1.165) is 42.9 Å². The third-order valence-electron chi connectivity index (χ3n) is 4.76. The molecule has 0 unspecified atom stereocenters. The quantitative estimate of drug-likeness (QED) is 0.773. The maximum atomic E-state index is 13.2. The number of carbonyl (C=O) groups excluding carboxylic acids is 1. The number of para-hydroxylation sites is 1. The third kappa shape index (κ3) is 4.23. The van der Waals surface area contributed by atoms with Crippen molar-refractivity contribution in [2.75, 3.05) is 42.9 Å². The number of nitrogens with one attached hydrogen (secondary N) is 1. The number of hydrogen-bond donors (Lipinski definition) is 1. The number of pyridine rings is 1. The summed E-state index contributed by atoms with van der Waals surface area (Å²) in [6.45, 7) is 3.50. The van der Waals surface area contributed by atoms with Crippen LogP contribution < -0.4 is 10.2 Å². The van der Waals surface area contributed by atoms with Crippen molar-refractivity contribution >= 4 is 28.3 Å². The number of rotatable bonds is 4. The summed E-state index contributed by atoms with van der Waals surface area (Å²) in [4.78, 5) is 21.3. The zero-order chi connectivity index (χ0) is 18.6. The number of anilines is 2. The Kier molecular flexibility index (Phi) is 4.98. The second kappa shape index (κ2) is 7.72. The molecule has 0 saturated carbocycles. The fourth-order valence-corrected chi connectivity index (χ4v) is 3.34. The second-order valence-corrected chi connectivity index (χ2v) is 6.68. The first-order valence-electron chi connectivity index (χ1n) is 9.06. The largest absolute Gasteiger partial charge is 0.354 e. The maximum absolute atomic E-state index is 13.2. The number of aromatic nitrogens is 1. The van der Waals surface area contributed by atoms with Gasteiger partial charge in [-0.2, -0.15) is 0 Å². The van der Waals surface area contributed by atoms with Gasteiger partial charge in [0, 0.05) is 37.3 Å². The Labute approximate surface area is 157 Å². The van der Waals surface area contributed by atoms with E-state index in [1.807, 2.05) is 18.2 Å². The molecule has 0 bridgehead atoms. The van der Waals surface area contributed by atoms with Crippen molar-refractivity contribution in [2.45, 2.75) is 0 Å². The molecular formula is C21H21FN4O. The van der Waals surface area contributed by atoms with Gasteiger partial charge in [-0.3, -0.25) is 9.69 Å². The van der Waals surface area contributed by atoms with Gasteiger partial charge in [0.25, 0.3) is 0 Å². The Morgan fingerprint density at radius 3 is 2.63 bits per heavy atom. The van der Waals surface area contributed by atoms with Crippen LogP contribution in [0.25, 0.3) is 10.9 Å². The zero-order valence-electron chi connectivity index (χ0n) is 14.9. The molecule has 1 amide bonds. The summed E-state index contributed by atoms with van der Waals surface area (Å²) in [5, 5.41) is 3.88. The van der Waals surface area contributed by atoms with Crippen LogP contribution in [0, 0.1) is 5.82 Å². The number of benzene rings is 2. The van der Waals surface area contributed by atoms with Gasteiger partial charge in [-0.25, -0.2) is 9.37 Å². The predicted molar refractivity (Wildman–Crippen MR) is 105 cm³/mol. The van der Waals surface area contributed by atoms with Crippen LogP contribution in [0.3, 0.4) is 0 Å². The van der Waals surface area contributed by atoms with Crippen molar-refractivity contribution in [1.82, 2.24) is 9.88 Å². The molecule has 1 fully saturated rings. The van der Waals surface area contributed by atoms with Crippen molar-refractivity contribution in [2.24, 2.45) is 0 Å². The molecule has 1 aliphatic heterocycles. The number of carbonyl (C=O) groups is 1. The average Bonchev–Trinajstić information content (AvgIpc) is 2.68. The highest BCUT2D eigenvalue weighted by Gasteiger charge is 2.20. The summed E-state index contributed by atoms with van der Waals surface area (Å²) >= 11 is 0. The summed E-state index contributed by atoms with van der Waals surface area (Å²) in [5.41, 5.74) is 1.48. The molecule has 6 heteroatoms. The predicted octanol–water partition coefficient (Wildman–Crippen LogP) is 3.13. The summed E-state index contributed by atoms with van der Waals surface area (Å²) in [7, 11) is 0. The Bertz CT molecular complexity index is 954. The van der Waals surface area contributed by atoms with Crippen LogP contribution in [0.15, 0.2) is 60.7 Å². The number of nitrogens with zero attached hydrogens (tertiary/aromatic N) is 3. The molecule has 5 nitrogen and oxygen atoms in total. The molecule has 0 atom stereocenters. The summed E-state index contributed by atoms with van der Waals surface area (Å²) in [6.07, 6.45) is 0. The van der Waals surface area contributed by atoms with Crippen LogP contribution in [0.2, 0.25) is 0 Å². The average molecular weight is 364 g/mol. The standard InChI is InChI=1S/C21H21FN4O/c22-17-5-3-6-18(14-17)23-21(27)15-25-10-12-26(13-11-25)20-9-8-16-4-1-2-7-19(16)24-20/h1-9,14H,10-13,15H2,(H,23,27). The Morgan fingerprint density at radius 2 is 1.81 bits per heavy atom. The number of halogens is 1. The van der Waals surface area contributed by atoms with E-state index in [4.69, 9.17) is 4.98 Å². The van der Waals surface area contributed by atoms with E-state index >= 15 is 0 Å². The molecular weight excluding hydrogens is 343 g/mol. The minimum absolute atomic E-state index is 0.127. The van der Waals surface area contributed by atoms with Crippen LogP contribution in [0.4, 0.5) is 15.9 Å². The normalized spacial score (nSPS) is 15.1. The van der Waals surface area contributed by atoms with Gasteiger partial charge in [-0.15, -0.1) is 0 Å². The van der Waals surface area contributed by atoms with E-state index in [1.165, 1.54) is 12.1 Å². The molecule has 0 spiro atoms. The van der Waals surface area contributed by atoms with E-state index in [0.29, 0.717) is 12.2 Å². The molecule has 1 aromatic heterocycles. The van der Waals surface area contributed by atoms with Gasteiger partial charge < -0.3 is 10.2 Å². The minimum Gasteiger partial charge on any atom is -0.354 e. The van der Waals surface area contributed by atoms with E-state index < -0.39 is 0 Å². The molecule has 4 rings (SSSR count). The van der Waals surface area contributed by atoms with Gasteiger partial charge in [0.05, 0.1) is 12.1 Å². The van der Waals surface area contributed by atoms with Crippen molar-refractivity contribution in [1.29, 1.82) is 0 Å². The second-order valence-electron chi connectivity index (χ2n) is 6.68. The highest BCUT2D eigenvalue weighted by Crippen LogP contribution is 2.19. The van der Waals surface area contributed by atoms with Crippen LogP contribution in [-0.4, -0.2) is 48.5 Å². The lowest BCUT2D eigenvalue weighted by molar-refractivity contribution is -0.117. The van der Waals surface area contributed by atoms with Gasteiger partial charge in [0.2, 0.25) is 5.91 Å². The number of fused-ring (bicyclic) bond motifs is 1. The molecule has 0 radical (unpaired) electrons. The van der Waals surface area contributed by atoms with Gasteiger partial charge in [0.1, 0.15) is 11.6 Å². The van der Waals surface area contributed by atoms with E-state index in [-0.39, 0.29) is 11.7 Å². The highest BCUT2D eigenvalue weighted by atomic mass is 19.1. The number of piperazine rings is 1. The fourth-order valence-electron chi connectivity index (χ4n) is 3.34. The molecule has 2 heterocycles. The Morgan fingerprint density at radius 1 is 1.00 bits per heavy atom. The molecule has 3 aromatic rings. The van der Waals surface area contributed by atoms with Gasteiger partial charge in [0.15, 0.2) is 0 Å². The van der Waals surface area contributed by atoms with E-state index in [1.54, 1.807) is 12.1 Å². The molecule has 138 valence electrons. The number of amides is 1. The topological polar surface area (TPSA) is 48.5 Å². The van der Waals surface area contributed by atoms with Crippen molar-refractivity contribution in [3.8, 4) is 0 Å². The van der Waals surface area contributed by atoms with Crippen molar-refractivity contribution in [3.63, 3.8) is 0 Å². The fraction of sp³-hybridized carbons (Fsp3) is 0.238. The zero-order valence-corrected chi connectivity index (χ0v) is 14.9. The van der Waals surface area contributed by atoms with E-state index in [9.17, 15) is 9.18 Å². The van der Waals surface area contributed by atoms with E-state index in [2.05, 4.69) is 33.3 Å². The van der Waals surface area contributed by atoms with Crippen LogP contribution in [0.5, 0.6) is 0 Å². The molecule has 27 heavy (non-hydrogen) atoms. The molecule has 0 aliphatic carbocycles.